The standard InChI is InChI=1S/C13H26BrNO/c1-2-3-8-15(9-10-16)12-13(11-14)6-4-5-7-13/h16H,2-12H2,1H3. The fraction of sp³-hybridized carbons (Fsp3) is 1.00. The molecule has 1 aliphatic carbocycles. The van der Waals surface area contributed by atoms with Crippen LogP contribution in [-0.4, -0.2) is 41.6 Å². The van der Waals surface area contributed by atoms with E-state index in [4.69, 9.17) is 5.11 Å². The zero-order valence-corrected chi connectivity index (χ0v) is 12.1. The fourth-order valence-electron chi connectivity index (χ4n) is 2.73. The quantitative estimate of drug-likeness (QED) is 0.695. The Labute approximate surface area is 109 Å². The largest absolute Gasteiger partial charge is 0.395 e. The minimum Gasteiger partial charge on any atom is -0.395 e. The number of unbranched alkanes of at least 4 members (excludes halogenated alkanes) is 1. The summed E-state index contributed by atoms with van der Waals surface area (Å²) in [7, 11) is 0. The van der Waals surface area contributed by atoms with E-state index in [-0.39, 0.29) is 0 Å². The van der Waals surface area contributed by atoms with Gasteiger partial charge in [0.2, 0.25) is 0 Å². The summed E-state index contributed by atoms with van der Waals surface area (Å²) in [6, 6.07) is 0. The Bertz CT molecular complexity index is 181. The number of halogens is 1. The molecule has 16 heavy (non-hydrogen) atoms. The van der Waals surface area contributed by atoms with Crippen molar-refractivity contribution in [3.05, 3.63) is 0 Å². The van der Waals surface area contributed by atoms with Gasteiger partial charge >= 0.3 is 0 Å². The van der Waals surface area contributed by atoms with Crippen molar-refractivity contribution in [3.8, 4) is 0 Å². The van der Waals surface area contributed by atoms with Crippen LogP contribution in [0.2, 0.25) is 0 Å². The molecule has 0 amide bonds. The highest BCUT2D eigenvalue weighted by Crippen LogP contribution is 2.40. The first-order valence-electron chi connectivity index (χ1n) is 6.65. The van der Waals surface area contributed by atoms with Crippen molar-refractivity contribution in [2.75, 3.05) is 31.6 Å². The number of nitrogens with zero attached hydrogens (tertiary/aromatic N) is 1. The van der Waals surface area contributed by atoms with Gasteiger partial charge in [-0.05, 0) is 31.2 Å². The van der Waals surface area contributed by atoms with Gasteiger partial charge in [-0.3, -0.25) is 0 Å². The number of aliphatic hydroxyl groups is 1. The maximum Gasteiger partial charge on any atom is 0.0558 e. The minimum atomic E-state index is 0.294. The lowest BCUT2D eigenvalue weighted by Crippen LogP contribution is -2.39. The smallest absolute Gasteiger partial charge is 0.0558 e. The molecule has 0 saturated heterocycles. The highest BCUT2D eigenvalue weighted by molar-refractivity contribution is 9.09. The van der Waals surface area contributed by atoms with Gasteiger partial charge in [-0.1, -0.05) is 42.1 Å². The van der Waals surface area contributed by atoms with Crippen LogP contribution in [0.25, 0.3) is 0 Å². The number of aliphatic hydroxyl groups excluding tert-OH is 1. The summed E-state index contributed by atoms with van der Waals surface area (Å²) in [4.78, 5) is 2.45. The Morgan fingerprint density at radius 2 is 1.94 bits per heavy atom. The molecule has 0 unspecified atom stereocenters. The number of rotatable bonds is 8. The van der Waals surface area contributed by atoms with Crippen LogP contribution >= 0.6 is 15.9 Å². The Morgan fingerprint density at radius 3 is 2.44 bits per heavy atom. The van der Waals surface area contributed by atoms with Crippen LogP contribution in [0, 0.1) is 5.41 Å². The molecule has 96 valence electrons. The molecule has 1 saturated carbocycles. The second-order valence-corrected chi connectivity index (χ2v) is 5.75. The molecule has 0 aromatic heterocycles. The van der Waals surface area contributed by atoms with Crippen LogP contribution in [0.5, 0.6) is 0 Å². The zero-order valence-electron chi connectivity index (χ0n) is 10.6. The summed E-state index contributed by atoms with van der Waals surface area (Å²) in [5, 5.41) is 10.2. The third-order valence-corrected chi connectivity index (χ3v) is 4.94. The van der Waals surface area contributed by atoms with E-state index in [9.17, 15) is 0 Å². The molecular weight excluding hydrogens is 266 g/mol. The lowest BCUT2D eigenvalue weighted by Gasteiger charge is -2.34. The Kier molecular flexibility index (Phi) is 6.94. The fourth-order valence-corrected chi connectivity index (χ4v) is 3.46. The zero-order chi connectivity index (χ0) is 11.9. The van der Waals surface area contributed by atoms with Crippen molar-refractivity contribution in [2.24, 2.45) is 5.41 Å². The molecule has 0 aromatic rings. The van der Waals surface area contributed by atoms with E-state index in [1.807, 2.05) is 0 Å². The van der Waals surface area contributed by atoms with Crippen molar-refractivity contribution in [1.29, 1.82) is 0 Å². The second-order valence-electron chi connectivity index (χ2n) is 5.19. The molecule has 0 radical (unpaired) electrons. The monoisotopic (exact) mass is 291 g/mol. The average molecular weight is 292 g/mol. The average Bonchev–Trinajstić information content (AvgIpc) is 2.75. The Hall–Kier alpha value is 0.400. The number of hydrogen-bond acceptors (Lipinski definition) is 2. The molecule has 0 aliphatic heterocycles. The van der Waals surface area contributed by atoms with Crippen LogP contribution in [0.4, 0.5) is 0 Å². The Balaban J connectivity index is 2.44. The van der Waals surface area contributed by atoms with E-state index in [0.717, 1.165) is 18.4 Å². The number of alkyl halides is 1. The van der Waals surface area contributed by atoms with Crippen LogP contribution in [0.3, 0.4) is 0 Å². The second kappa shape index (κ2) is 7.67. The lowest BCUT2D eigenvalue weighted by molar-refractivity contribution is 0.138. The van der Waals surface area contributed by atoms with Crippen molar-refractivity contribution in [3.63, 3.8) is 0 Å². The highest BCUT2D eigenvalue weighted by atomic mass is 79.9. The van der Waals surface area contributed by atoms with Gasteiger partial charge < -0.3 is 10.0 Å². The van der Waals surface area contributed by atoms with E-state index in [0.29, 0.717) is 12.0 Å². The van der Waals surface area contributed by atoms with Crippen LogP contribution in [0.15, 0.2) is 0 Å². The summed E-state index contributed by atoms with van der Waals surface area (Å²) >= 11 is 3.69. The Morgan fingerprint density at radius 1 is 1.25 bits per heavy atom. The van der Waals surface area contributed by atoms with Gasteiger partial charge in [0.15, 0.2) is 0 Å². The molecule has 0 atom stereocenters. The van der Waals surface area contributed by atoms with E-state index in [2.05, 4.69) is 27.8 Å². The van der Waals surface area contributed by atoms with E-state index >= 15 is 0 Å². The highest BCUT2D eigenvalue weighted by Gasteiger charge is 2.34. The van der Waals surface area contributed by atoms with Crippen molar-refractivity contribution < 1.29 is 5.11 Å². The number of hydrogen-bond donors (Lipinski definition) is 1. The van der Waals surface area contributed by atoms with Gasteiger partial charge in [-0.15, -0.1) is 0 Å². The molecule has 0 spiro atoms. The molecule has 3 heteroatoms. The molecule has 1 N–H and O–H groups in total. The molecule has 2 nitrogen and oxygen atoms in total. The SMILES string of the molecule is CCCCN(CCO)CC1(CBr)CCCC1. The van der Waals surface area contributed by atoms with Gasteiger partial charge in [0.1, 0.15) is 0 Å². The topological polar surface area (TPSA) is 23.5 Å². The lowest BCUT2D eigenvalue weighted by atomic mass is 9.88. The third-order valence-electron chi connectivity index (χ3n) is 3.75. The maximum absolute atomic E-state index is 9.11. The first-order chi connectivity index (χ1) is 7.76. The van der Waals surface area contributed by atoms with Gasteiger partial charge in [-0.25, -0.2) is 0 Å². The normalized spacial score (nSPS) is 19.5. The first kappa shape index (κ1) is 14.5. The summed E-state index contributed by atoms with van der Waals surface area (Å²) < 4.78 is 0. The molecule has 1 aliphatic rings. The minimum absolute atomic E-state index is 0.294. The van der Waals surface area contributed by atoms with Crippen molar-refractivity contribution in [1.82, 2.24) is 4.90 Å². The van der Waals surface area contributed by atoms with E-state index in [1.165, 1.54) is 45.1 Å². The van der Waals surface area contributed by atoms with Crippen LogP contribution in [-0.2, 0) is 0 Å². The van der Waals surface area contributed by atoms with Gasteiger partial charge in [0, 0.05) is 18.4 Å². The summed E-state index contributed by atoms with van der Waals surface area (Å²) in [5.74, 6) is 0. The van der Waals surface area contributed by atoms with Gasteiger partial charge in [-0.2, -0.15) is 0 Å². The molecule has 0 aromatic carbocycles. The molecule has 1 fully saturated rings. The third kappa shape index (κ3) is 4.34. The van der Waals surface area contributed by atoms with Crippen molar-refractivity contribution >= 4 is 15.9 Å². The predicted molar refractivity (Wildman–Crippen MR) is 73.1 cm³/mol. The maximum atomic E-state index is 9.11. The summed E-state index contributed by atoms with van der Waals surface area (Å²) in [6.45, 7) is 5.68. The van der Waals surface area contributed by atoms with Gasteiger partial charge in [0.25, 0.3) is 0 Å². The summed E-state index contributed by atoms with van der Waals surface area (Å²) in [6.07, 6.45) is 7.96. The molecule has 1 rings (SSSR count). The first-order valence-corrected chi connectivity index (χ1v) is 7.77. The molecule has 0 bridgehead atoms. The van der Waals surface area contributed by atoms with Crippen molar-refractivity contribution in [2.45, 2.75) is 45.4 Å². The van der Waals surface area contributed by atoms with Crippen LogP contribution < -0.4 is 0 Å². The van der Waals surface area contributed by atoms with Crippen LogP contribution in [0.1, 0.15) is 45.4 Å². The molecule has 0 heterocycles. The molecular formula is C13H26BrNO. The van der Waals surface area contributed by atoms with E-state index in [1.54, 1.807) is 0 Å². The van der Waals surface area contributed by atoms with Gasteiger partial charge in [0.05, 0.1) is 6.61 Å². The van der Waals surface area contributed by atoms with E-state index < -0.39 is 0 Å². The predicted octanol–water partition coefficient (Wildman–Crippen LogP) is 3.04. The summed E-state index contributed by atoms with van der Waals surface area (Å²) in [5.41, 5.74) is 0.489.